The number of ketones is 2. The van der Waals surface area contributed by atoms with E-state index in [1.165, 1.54) is 0 Å². The first-order valence-electron chi connectivity index (χ1n) is 14.0. The number of hydrogen-bond donors (Lipinski definition) is 2. The number of piperazine rings is 2. The predicted octanol–water partition coefficient (Wildman–Crippen LogP) is 3.61. The number of hydrogen-bond acceptors (Lipinski definition) is 5. The molecule has 37 heavy (non-hydrogen) atoms. The maximum absolute atomic E-state index is 13.0. The summed E-state index contributed by atoms with van der Waals surface area (Å²) in [4.78, 5) is 26.1. The normalized spacial score (nSPS) is 19.3. The van der Waals surface area contributed by atoms with Crippen molar-refractivity contribution in [2.75, 3.05) is 79.5 Å². The highest BCUT2D eigenvalue weighted by molar-refractivity contribution is 6.10. The number of fused-ring (bicyclic) bond motifs is 3. The minimum absolute atomic E-state index is 0.176. The lowest BCUT2D eigenvalue weighted by atomic mass is 10.0. The van der Waals surface area contributed by atoms with Gasteiger partial charge in [0.15, 0.2) is 11.6 Å². The molecule has 0 aliphatic carbocycles. The van der Waals surface area contributed by atoms with Crippen LogP contribution in [0.15, 0.2) is 40.8 Å². The first-order valence-corrected chi connectivity index (χ1v) is 14.0. The van der Waals surface area contributed by atoms with Crippen LogP contribution in [0.25, 0.3) is 21.9 Å². The van der Waals surface area contributed by atoms with Crippen LogP contribution in [0.1, 0.15) is 46.4 Å². The van der Waals surface area contributed by atoms with Gasteiger partial charge in [-0.3, -0.25) is 9.59 Å². The number of carbonyl (C=O) groups is 2. The standard InChI is InChI=1S/C30H42N4O3/c1-33(17-11-31-12-18-33)15-3-5-27(35)23-7-9-29-25(21-23)26-22-24(8-10-30(26)37-29)28(36)6-4-16-34(2)19-13-32-14-20-34/h7-10,21-22,31-32H,3-6,11-20H2,1-2H3/q+2. The van der Waals surface area contributed by atoms with Gasteiger partial charge in [0.1, 0.15) is 11.2 Å². The summed E-state index contributed by atoms with van der Waals surface area (Å²) in [6, 6.07) is 11.4. The van der Waals surface area contributed by atoms with Crippen LogP contribution < -0.4 is 10.6 Å². The minimum Gasteiger partial charge on any atom is -0.456 e. The quantitative estimate of drug-likeness (QED) is 0.325. The van der Waals surface area contributed by atoms with Crippen LogP contribution in [0.4, 0.5) is 0 Å². The highest BCUT2D eigenvalue weighted by Gasteiger charge is 2.25. The zero-order valence-electron chi connectivity index (χ0n) is 22.5. The average Bonchev–Trinajstić information content (AvgIpc) is 3.26. The van der Waals surface area contributed by atoms with Crippen molar-refractivity contribution in [3.05, 3.63) is 47.5 Å². The SMILES string of the molecule is C[N+]1(CCCC(=O)c2ccc3oc4ccc(C(=O)CCC[N+]5(C)CCNCC5)cc4c3c2)CCNCC1. The van der Waals surface area contributed by atoms with Gasteiger partial charge < -0.3 is 24.0 Å². The summed E-state index contributed by atoms with van der Waals surface area (Å²) in [5, 5.41) is 8.65. The van der Waals surface area contributed by atoms with Crippen LogP contribution in [-0.2, 0) is 0 Å². The van der Waals surface area contributed by atoms with Gasteiger partial charge in [0.05, 0.1) is 53.4 Å². The third kappa shape index (κ3) is 6.12. The van der Waals surface area contributed by atoms with E-state index >= 15 is 0 Å². The van der Waals surface area contributed by atoms with Crippen molar-refractivity contribution in [2.45, 2.75) is 25.7 Å². The van der Waals surface area contributed by atoms with E-state index in [4.69, 9.17) is 4.42 Å². The van der Waals surface area contributed by atoms with Crippen molar-refractivity contribution in [3.8, 4) is 0 Å². The van der Waals surface area contributed by atoms with Crippen LogP contribution in [0.3, 0.4) is 0 Å². The third-order valence-electron chi connectivity index (χ3n) is 8.63. The van der Waals surface area contributed by atoms with Crippen molar-refractivity contribution in [2.24, 2.45) is 0 Å². The van der Waals surface area contributed by atoms with Gasteiger partial charge in [-0.25, -0.2) is 0 Å². The zero-order valence-corrected chi connectivity index (χ0v) is 22.5. The Hall–Kier alpha value is -2.58. The minimum atomic E-state index is 0.176. The van der Waals surface area contributed by atoms with Gasteiger partial charge in [0.25, 0.3) is 0 Å². The molecule has 3 heterocycles. The molecule has 2 aliphatic heterocycles. The van der Waals surface area contributed by atoms with E-state index in [2.05, 4.69) is 24.7 Å². The number of benzene rings is 2. The van der Waals surface area contributed by atoms with Crippen molar-refractivity contribution in [1.29, 1.82) is 0 Å². The van der Waals surface area contributed by atoms with Gasteiger partial charge in [0.2, 0.25) is 0 Å². The van der Waals surface area contributed by atoms with E-state index in [-0.39, 0.29) is 11.6 Å². The van der Waals surface area contributed by atoms with E-state index in [0.29, 0.717) is 12.8 Å². The summed E-state index contributed by atoms with van der Waals surface area (Å²) in [6.07, 6.45) is 2.90. The highest BCUT2D eigenvalue weighted by Crippen LogP contribution is 2.31. The predicted molar refractivity (Wildman–Crippen MR) is 148 cm³/mol. The molecule has 2 aromatic carbocycles. The molecule has 7 heteroatoms. The molecule has 2 N–H and O–H groups in total. The van der Waals surface area contributed by atoms with Crippen molar-refractivity contribution < 1.29 is 23.0 Å². The first-order chi connectivity index (χ1) is 17.8. The number of furan rings is 1. The van der Waals surface area contributed by atoms with Crippen LogP contribution in [0.2, 0.25) is 0 Å². The van der Waals surface area contributed by atoms with E-state index in [9.17, 15) is 9.59 Å². The second-order valence-electron chi connectivity index (χ2n) is 11.7. The van der Waals surface area contributed by atoms with E-state index in [0.717, 1.165) is 120 Å². The van der Waals surface area contributed by atoms with E-state index < -0.39 is 0 Å². The topological polar surface area (TPSA) is 71.3 Å². The van der Waals surface area contributed by atoms with Crippen LogP contribution >= 0.6 is 0 Å². The number of likely N-dealkylation sites (N-methyl/N-ethyl adjacent to an activating group) is 2. The zero-order chi connectivity index (χ0) is 25.9. The number of nitrogens with zero attached hydrogens (tertiary/aromatic N) is 2. The summed E-state index contributed by atoms with van der Waals surface area (Å²) in [5.74, 6) is 0.351. The molecule has 0 atom stereocenters. The fraction of sp³-hybridized carbons (Fsp3) is 0.533. The van der Waals surface area contributed by atoms with Gasteiger partial charge in [0, 0.05) is 73.8 Å². The molecule has 0 amide bonds. The van der Waals surface area contributed by atoms with Gasteiger partial charge in [-0.1, -0.05) is 0 Å². The van der Waals surface area contributed by atoms with Gasteiger partial charge in [-0.15, -0.1) is 0 Å². The second-order valence-corrected chi connectivity index (χ2v) is 11.7. The lowest BCUT2D eigenvalue weighted by Gasteiger charge is -2.38. The van der Waals surface area contributed by atoms with E-state index in [1.54, 1.807) is 0 Å². The number of quaternary nitrogens is 2. The molecule has 5 rings (SSSR count). The lowest BCUT2D eigenvalue weighted by molar-refractivity contribution is -0.911. The Morgan fingerprint density at radius 1 is 0.703 bits per heavy atom. The Labute approximate surface area is 220 Å². The number of Topliss-reactive ketones (excluding diaryl/α,β-unsaturated/α-hetero) is 2. The Morgan fingerprint density at radius 2 is 1.11 bits per heavy atom. The monoisotopic (exact) mass is 506 g/mol. The second kappa shape index (κ2) is 11.0. The van der Waals surface area contributed by atoms with E-state index in [1.807, 2.05) is 36.4 Å². The Balaban J connectivity index is 1.25. The summed E-state index contributed by atoms with van der Waals surface area (Å²) in [6.45, 7) is 10.8. The molecule has 0 bridgehead atoms. The molecular weight excluding hydrogens is 464 g/mol. The summed E-state index contributed by atoms with van der Waals surface area (Å²) in [7, 11) is 4.58. The maximum atomic E-state index is 13.0. The Morgan fingerprint density at radius 3 is 1.51 bits per heavy atom. The molecule has 2 aliphatic rings. The smallest absolute Gasteiger partial charge is 0.163 e. The molecule has 0 radical (unpaired) electrons. The lowest BCUT2D eigenvalue weighted by Crippen LogP contribution is -2.56. The molecule has 0 saturated carbocycles. The highest BCUT2D eigenvalue weighted by atomic mass is 16.3. The average molecular weight is 507 g/mol. The molecular formula is C30H42N4O3+2. The maximum Gasteiger partial charge on any atom is 0.163 e. The van der Waals surface area contributed by atoms with Gasteiger partial charge in [-0.2, -0.15) is 0 Å². The molecule has 0 unspecified atom stereocenters. The molecule has 3 aromatic rings. The number of nitrogens with one attached hydrogen (secondary N) is 2. The van der Waals surface area contributed by atoms with Crippen molar-refractivity contribution >= 4 is 33.5 Å². The summed E-state index contributed by atoms with van der Waals surface area (Å²) < 4.78 is 8.11. The fourth-order valence-corrected chi connectivity index (χ4v) is 5.97. The number of carbonyl (C=O) groups excluding carboxylic acids is 2. The molecule has 2 fully saturated rings. The first kappa shape index (κ1) is 26.0. The summed E-state index contributed by atoms with van der Waals surface area (Å²) in [5.41, 5.74) is 2.96. The summed E-state index contributed by atoms with van der Waals surface area (Å²) >= 11 is 0. The van der Waals surface area contributed by atoms with Crippen molar-refractivity contribution in [3.63, 3.8) is 0 Å². The molecule has 2 saturated heterocycles. The molecule has 7 nitrogen and oxygen atoms in total. The largest absolute Gasteiger partial charge is 0.456 e. The van der Waals surface area contributed by atoms with Crippen molar-refractivity contribution in [1.82, 2.24) is 10.6 Å². The van der Waals surface area contributed by atoms with Gasteiger partial charge >= 0.3 is 0 Å². The molecule has 1 aromatic heterocycles. The van der Waals surface area contributed by atoms with Gasteiger partial charge in [-0.05, 0) is 36.4 Å². The fourth-order valence-electron chi connectivity index (χ4n) is 5.97. The van der Waals surface area contributed by atoms with Crippen LogP contribution in [-0.4, -0.2) is 100 Å². The third-order valence-corrected chi connectivity index (χ3v) is 8.63. The van der Waals surface area contributed by atoms with Crippen LogP contribution in [0, 0.1) is 0 Å². The Bertz CT molecular complexity index is 1170. The van der Waals surface area contributed by atoms with Crippen LogP contribution in [0.5, 0.6) is 0 Å². The Kier molecular flexibility index (Phi) is 7.77. The number of rotatable bonds is 10. The molecule has 0 spiro atoms. The molecule has 198 valence electrons.